The van der Waals surface area contributed by atoms with Crippen molar-refractivity contribution >= 4 is 15.9 Å². The van der Waals surface area contributed by atoms with E-state index in [1.807, 2.05) is 0 Å². The maximum atomic E-state index is 3.58. The molecule has 0 spiro atoms. The number of benzene rings is 1. The summed E-state index contributed by atoms with van der Waals surface area (Å²) in [5, 5.41) is 6.99. The van der Waals surface area contributed by atoms with Gasteiger partial charge in [-0.2, -0.15) is 0 Å². The van der Waals surface area contributed by atoms with E-state index in [1.165, 1.54) is 48.0 Å². The van der Waals surface area contributed by atoms with Crippen LogP contribution in [0.2, 0.25) is 0 Å². The number of hydrogen-bond donors (Lipinski definition) is 2. The first-order valence-corrected chi connectivity index (χ1v) is 7.64. The number of piperidine rings is 1. The Labute approximate surface area is 119 Å². The van der Waals surface area contributed by atoms with E-state index in [2.05, 4.69) is 58.7 Å². The highest BCUT2D eigenvalue weighted by molar-refractivity contribution is 9.10. The Bertz CT molecular complexity index is 386. The van der Waals surface area contributed by atoms with Gasteiger partial charge in [-0.1, -0.05) is 22.0 Å². The van der Waals surface area contributed by atoms with Crippen molar-refractivity contribution in [1.29, 1.82) is 0 Å². The highest BCUT2D eigenvalue weighted by Gasteiger charge is 2.20. The minimum atomic E-state index is 0.465. The van der Waals surface area contributed by atoms with E-state index in [0.717, 1.165) is 5.92 Å². The van der Waals surface area contributed by atoms with Gasteiger partial charge in [0.15, 0.2) is 0 Å². The minimum absolute atomic E-state index is 0.465. The molecule has 100 valence electrons. The molecule has 1 aromatic rings. The van der Waals surface area contributed by atoms with Gasteiger partial charge >= 0.3 is 0 Å². The van der Waals surface area contributed by atoms with E-state index in [4.69, 9.17) is 0 Å². The molecule has 18 heavy (non-hydrogen) atoms. The SMILES string of the molecule is CNC(CC1CCCNC1)c1cc(Br)ccc1C. The fourth-order valence-electron chi connectivity index (χ4n) is 2.85. The molecule has 1 aromatic carbocycles. The standard InChI is InChI=1S/C15H23BrN2/c1-11-5-6-13(16)9-14(11)15(17-2)8-12-4-3-7-18-10-12/h5-6,9,12,15,17-18H,3-4,7-8,10H2,1-2H3. The predicted molar refractivity (Wildman–Crippen MR) is 80.9 cm³/mol. The van der Waals surface area contributed by atoms with E-state index in [0.29, 0.717) is 6.04 Å². The molecule has 2 rings (SSSR count). The first-order valence-electron chi connectivity index (χ1n) is 6.84. The van der Waals surface area contributed by atoms with Crippen LogP contribution in [-0.2, 0) is 0 Å². The maximum absolute atomic E-state index is 3.58. The van der Waals surface area contributed by atoms with Gasteiger partial charge in [0.2, 0.25) is 0 Å². The molecule has 2 unspecified atom stereocenters. The third-order valence-corrected chi connectivity index (χ3v) is 4.43. The van der Waals surface area contributed by atoms with Crippen molar-refractivity contribution in [2.45, 2.75) is 32.2 Å². The fourth-order valence-corrected chi connectivity index (χ4v) is 3.22. The van der Waals surface area contributed by atoms with Gasteiger partial charge < -0.3 is 10.6 Å². The minimum Gasteiger partial charge on any atom is -0.316 e. The van der Waals surface area contributed by atoms with Gasteiger partial charge in [-0.3, -0.25) is 0 Å². The average Bonchev–Trinajstić information content (AvgIpc) is 2.40. The van der Waals surface area contributed by atoms with Crippen molar-refractivity contribution in [3.63, 3.8) is 0 Å². The second-order valence-corrected chi connectivity index (χ2v) is 6.21. The molecule has 0 radical (unpaired) electrons. The lowest BCUT2D eigenvalue weighted by atomic mass is 9.88. The van der Waals surface area contributed by atoms with E-state index < -0.39 is 0 Å². The fraction of sp³-hybridized carbons (Fsp3) is 0.600. The molecule has 0 bridgehead atoms. The van der Waals surface area contributed by atoms with Gasteiger partial charge in [-0.15, -0.1) is 0 Å². The molecular weight excluding hydrogens is 288 g/mol. The Kier molecular flexibility index (Phi) is 5.22. The Morgan fingerprint density at radius 3 is 3.00 bits per heavy atom. The van der Waals surface area contributed by atoms with Crippen LogP contribution in [0.4, 0.5) is 0 Å². The Morgan fingerprint density at radius 2 is 2.33 bits per heavy atom. The van der Waals surface area contributed by atoms with E-state index >= 15 is 0 Å². The number of rotatable bonds is 4. The van der Waals surface area contributed by atoms with Crippen molar-refractivity contribution in [1.82, 2.24) is 10.6 Å². The summed E-state index contributed by atoms with van der Waals surface area (Å²) in [6.45, 7) is 4.56. The number of halogens is 1. The molecule has 0 aromatic heterocycles. The first-order chi connectivity index (χ1) is 8.70. The zero-order valence-corrected chi connectivity index (χ0v) is 12.9. The quantitative estimate of drug-likeness (QED) is 0.890. The van der Waals surface area contributed by atoms with Gasteiger partial charge in [0, 0.05) is 10.5 Å². The molecule has 2 N–H and O–H groups in total. The van der Waals surface area contributed by atoms with Gasteiger partial charge in [0.1, 0.15) is 0 Å². The third-order valence-electron chi connectivity index (χ3n) is 3.93. The molecule has 2 atom stereocenters. The normalized spacial score (nSPS) is 21.8. The summed E-state index contributed by atoms with van der Waals surface area (Å²) in [5.41, 5.74) is 2.80. The maximum Gasteiger partial charge on any atom is 0.0323 e. The Balaban J connectivity index is 2.09. The summed E-state index contributed by atoms with van der Waals surface area (Å²) in [6, 6.07) is 7.04. The number of nitrogens with one attached hydrogen (secondary N) is 2. The lowest BCUT2D eigenvalue weighted by Gasteiger charge is -2.28. The molecule has 3 heteroatoms. The number of aryl methyl sites for hydroxylation is 1. The topological polar surface area (TPSA) is 24.1 Å². The molecule has 1 heterocycles. The molecule has 1 fully saturated rings. The molecule has 1 aliphatic heterocycles. The summed E-state index contributed by atoms with van der Waals surface area (Å²) in [5.74, 6) is 0.801. The van der Waals surface area contributed by atoms with Gasteiger partial charge in [0.25, 0.3) is 0 Å². The summed E-state index contributed by atoms with van der Waals surface area (Å²) in [6.07, 6.45) is 3.90. The van der Waals surface area contributed by atoms with Crippen LogP contribution in [0.3, 0.4) is 0 Å². The van der Waals surface area contributed by atoms with Gasteiger partial charge in [-0.25, -0.2) is 0 Å². The second-order valence-electron chi connectivity index (χ2n) is 5.29. The van der Waals surface area contributed by atoms with Crippen LogP contribution in [0.15, 0.2) is 22.7 Å². The van der Waals surface area contributed by atoms with E-state index in [1.54, 1.807) is 0 Å². The number of hydrogen-bond acceptors (Lipinski definition) is 2. The summed E-state index contributed by atoms with van der Waals surface area (Å²) >= 11 is 3.58. The zero-order chi connectivity index (χ0) is 13.0. The third kappa shape index (κ3) is 3.56. The highest BCUT2D eigenvalue weighted by Crippen LogP contribution is 2.29. The smallest absolute Gasteiger partial charge is 0.0323 e. The Morgan fingerprint density at radius 1 is 1.50 bits per heavy atom. The lowest BCUT2D eigenvalue weighted by molar-refractivity contribution is 0.321. The van der Waals surface area contributed by atoms with Crippen LogP contribution in [-0.4, -0.2) is 20.1 Å². The highest BCUT2D eigenvalue weighted by atomic mass is 79.9. The summed E-state index contributed by atoms with van der Waals surface area (Å²) in [4.78, 5) is 0. The van der Waals surface area contributed by atoms with Crippen LogP contribution >= 0.6 is 15.9 Å². The molecule has 1 aliphatic rings. The molecule has 0 aliphatic carbocycles. The summed E-state index contributed by atoms with van der Waals surface area (Å²) in [7, 11) is 2.07. The molecule has 2 nitrogen and oxygen atoms in total. The van der Waals surface area contributed by atoms with E-state index in [9.17, 15) is 0 Å². The van der Waals surface area contributed by atoms with Crippen LogP contribution in [0.25, 0.3) is 0 Å². The van der Waals surface area contributed by atoms with Crippen molar-refractivity contribution in [2.24, 2.45) is 5.92 Å². The summed E-state index contributed by atoms with van der Waals surface area (Å²) < 4.78 is 1.17. The lowest BCUT2D eigenvalue weighted by Crippen LogP contribution is -2.32. The monoisotopic (exact) mass is 310 g/mol. The van der Waals surface area contributed by atoms with Crippen molar-refractivity contribution in [3.05, 3.63) is 33.8 Å². The van der Waals surface area contributed by atoms with E-state index in [-0.39, 0.29) is 0 Å². The van der Waals surface area contributed by atoms with Crippen molar-refractivity contribution < 1.29 is 0 Å². The van der Waals surface area contributed by atoms with Gasteiger partial charge in [0.05, 0.1) is 0 Å². The molecule has 0 saturated carbocycles. The van der Waals surface area contributed by atoms with Crippen LogP contribution in [0.5, 0.6) is 0 Å². The van der Waals surface area contributed by atoms with Crippen LogP contribution < -0.4 is 10.6 Å². The van der Waals surface area contributed by atoms with Crippen LogP contribution in [0.1, 0.15) is 36.4 Å². The second kappa shape index (κ2) is 6.69. The predicted octanol–water partition coefficient (Wildman–Crippen LogP) is 3.41. The van der Waals surface area contributed by atoms with Crippen molar-refractivity contribution in [2.75, 3.05) is 20.1 Å². The van der Waals surface area contributed by atoms with Crippen LogP contribution in [0, 0.1) is 12.8 Å². The average molecular weight is 311 g/mol. The zero-order valence-electron chi connectivity index (χ0n) is 11.3. The van der Waals surface area contributed by atoms with Gasteiger partial charge in [-0.05, 0) is 75.5 Å². The van der Waals surface area contributed by atoms with Crippen molar-refractivity contribution in [3.8, 4) is 0 Å². The molecular formula is C15H23BrN2. The largest absolute Gasteiger partial charge is 0.316 e. The molecule has 0 amide bonds. The molecule has 1 saturated heterocycles. The first kappa shape index (κ1) is 14.0. The Hall–Kier alpha value is -0.380.